The first kappa shape index (κ1) is 121. The van der Waals surface area contributed by atoms with Crippen LogP contribution < -0.4 is 60.3 Å². The second-order valence-electron chi connectivity index (χ2n) is 28.9. The van der Waals surface area contributed by atoms with Gasteiger partial charge < -0.3 is 87.6 Å². The van der Waals surface area contributed by atoms with Crippen LogP contribution in [0.1, 0.15) is 164 Å². The van der Waals surface area contributed by atoms with Crippen LogP contribution in [-0.2, 0) is 84.7 Å². The van der Waals surface area contributed by atoms with Gasteiger partial charge in [0.15, 0.2) is 0 Å². The summed E-state index contributed by atoms with van der Waals surface area (Å²) in [7, 11) is -26.4. The van der Waals surface area contributed by atoms with Gasteiger partial charge in [-0.2, -0.15) is 0 Å². The number of rotatable bonds is 35. The first-order chi connectivity index (χ1) is 63.8. The van der Waals surface area contributed by atoms with Gasteiger partial charge in [-0.3, -0.25) is 52.7 Å². The molecule has 54 heteroatoms. The predicted octanol–water partition coefficient (Wildman–Crippen LogP) is 8.00. The fraction of sp³-hybridized carbons (Fsp3) is 0.349. The van der Waals surface area contributed by atoms with Gasteiger partial charge in [-0.1, -0.05) is 71.1 Å². The molecule has 0 atom stereocenters. The van der Waals surface area contributed by atoms with Crippen LogP contribution in [0.3, 0.4) is 0 Å². The van der Waals surface area contributed by atoms with Crippen molar-refractivity contribution in [2.24, 2.45) is 17.8 Å². The van der Waals surface area contributed by atoms with Crippen LogP contribution in [0.25, 0.3) is 0 Å². The number of amides is 6. The maximum absolute atomic E-state index is 12.3. The number of halogens is 6. The van der Waals surface area contributed by atoms with Crippen LogP contribution in [0.2, 0.25) is 0 Å². The minimum atomic E-state index is -4.43. The van der Waals surface area contributed by atoms with E-state index in [1.54, 1.807) is 99.6 Å². The first-order valence-electron chi connectivity index (χ1n) is 40.2. The van der Waals surface area contributed by atoms with Crippen molar-refractivity contribution in [1.82, 2.24) is 31.9 Å². The van der Waals surface area contributed by atoms with E-state index in [1.165, 1.54) is 67.6 Å². The Labute approximate surface area is 871 Å². The predicted molar refractivity (Wildman–Crippen MR) is 535 cm³/mol. The molecular formula is C83H88I6N6O36S6-6. The lowest BCUT2D eigenvalue weighted by atomic mass is 9.89. The Kier molecular flexibility index (Phi) is 52.3. The third-order valence-corrected chi connectivity index (χ3v) is 25.9. The molecule has 0 bridgehead atoms. The van der Waals surface area contributed by atoms with Crippen molar-refractivity contribution in [2.45, 2.75) is 91.9 Å². The number of carbonyl (C=O) groups is 12. The van der Waals surface area contributed by atoms with Crippen molar-refractivity contribution in [3.05, 3.63) is 200 Å². The van der Waals surface area contributed by atoms with Crippen LogP contribution in [0.4, 0.5) is 0 Å². The lowest BCUT2D eigenvalue weighted by Gasteiger charge is -2.20. The smallest absolute Gasteiger partial charge is 0.343 e. The maximum Gasteiger partial charge on any atom is 0.343 e. The van der Waals surface area contributed by atoms with Gasteiger partial charge in [0.25, 0.3) is 35.4 Å². The number of esters is 6. The number of benzene rings is 7. The van der Waals surface area contributed by atoms with Crippen molar-refractivity contribution >= 4 is 268 Å². The van der Waals surface area contributed by atoms with Crippen molar-refractivity contribution in [1.29, 1.82) is 0 Å². The minimum absolute atomic E-state index is 0.0447. The fourth-order valence-corrected chi connectivity index (χ4v) is 16.0. The van der Waals surface area contributed by atoms with E-state index in [-0.39, 0.29) is 143 Å². The molecule has 2 saturated carbocycles. The topological polar surface area (TPSA) is 676 Å². The van der Waals surface area contributed by atoms with Gasteiger partial charge in [-0.15, -0.1) is 0 Å². The second-order valence-corrected chi connectivity index (χ2v) is 45.5. The normalized spacial score (nSPS) is 12.6. The third-order valence-electron chi connectivity index (χ3n) is 17.7. The van der Waals surface area contributed by atoms with Gasteiger partial charge in [-0.25, -0.2) is 55.3 Å². The highest BCUT2D eigenvalue weighted by atomic mass is 127. The molecule has 7 aromatic rings. The highest BCUT2D eigenvalue weighted by Gasteiger charge is 2.29. The Morgan fingerprint density at radius 1 is 0.321 bits per heavy atom. The van der Waals surface area contributed by atoms with E-state index in [0.29, 0.717) is 5.56 Å². The van der Waals surface area contributed by atoms with E-state index >= 15 is 0 Å². The molecule has 2 aliphatic rings. The summed E-state index contributed by atoms with van der Waals surface area (Å²) in [5, 5.41) is 13.9. The van der Waals surface area contributed by atoms with E-state index in [9.17, 15) is 135 Å². The molecule has 0 spiro atoms. The number of hydrogen-bond donors (Lipinski definition) is 6. The zero-order chi connectivity index (χ0) is 103. The molecule has 2 aliphatic carbocycles. The number of hydrogen-bond acceptors (Lipinski definition) is 36. The molecule has 0 radical (unpaired) electrons. The summed E-state index contributed by atoms with van der Waals surface area (Å²) in [6.07, 6.45) is 8.36. The summed E-state index contributed by atoms with van der Waals surface area (Å²) in [5.41, 5.74) is 0.929. The molecule has 0 aliphatic heterocycles. The van der Waals surface area contributed by atoms with Crippen LogP contribution in [-0.4, -0.2) is 223 Å². The van der Waals surface area contributed by atoms with E-state index in [0.717, 1.165) is 79.2 Å². The zero-order valence-corrected chi connectivity index (χ0v) is 90.3. The van der Waals surface area contributed by atoms with Crippen LogP contribution in [0, 0.1) is 39.2 Å². The molecule has 9 rings (SSSR count). The highest BCUT2D eigenvalue weighted by Crippen LogP contribution is 2.33. The van der Waals surface area contributed by atoms with Crippen LogP contribution in [0.5, 0.6) is 34.5 Å². The SMILES string of the molecule is CC(=O)Oc1cc(I)ccc1C(=O)NCCS(=O)(=O)[O-].CC(C)C(=O)Oc1cc(I)ccc1C(=O)NCCS(=O)(=O)[O-].CCC(=O)Oc1cc(I)ccc1C(=O)NCCS(=O)(=O)[O-].O=C(NCCS(=O)(=O)[O-])c1ccc(I)cc1OC(=O)C1CCCC1.O=C(NCCS(=O)(=O)[O-])c1ccc(I)cc1OC(=O)C1CCCCC1.O=C(Oc1cc(I)ccc1C(=O)NCCS(=O)(=O)[O-])c1ccccc1. The van der Waals surface area contributed by atoms with Gasteiger partial charge in [0.1, 0.15) is 34.5 Å². The molecule has 7 aromatic carbocycles. The van der Waals surface area contributed by atoms with Crippen molar-refractivity contribution in [3.63, 3.8) is 0 Å². The summed E-state index contributed by atoms with van der Waals surface area (Å²) in [5.74, 6) is -10.9. The van der Waals surface area contributed by atoms with Gasteiger partial charge in [0, 0.05) is 74.0 Å². The van der Waals surface area contributed by atoms with E-state index < -0.39 is 155 Å². The first-order valence-corrected chi connectivity index (χ1v) is 56.1. The third kappa shape index (κ3) is 50.3. The molecule has 0 unspecified atom stereocenters. The van der Waals surface area contributed by atoms with E-state index in [4.69, 9.17) is 28.4 Å². The van der Waals surface area contributed by atoms with Gasteiger partial charge in [-0.05, 0) is 283 Å². The standard InChI is InChI=1S/C16H20INO6S.C16H14INO6S.C15H18INO6S.C13H16INO6S.C12H14INO6S.C11H12INO6S/c2*17-12-6-7-13(15(19)18-8-9-25(21,22)23)14(10-12)24-16(20)11-4-2-1-3-5-11;16-11-5-6-12(14(18)17-7-8-24(20,21)22)13(9-11)23-15(19)10-3-1-2-4-10;1-8(2)13(17)21-11-7-9(14)3-4-10(11)12(16)15-5-6-22(18,19)20;1-2-11(15)20-10-7-8(13)3-4-9(10)12(16)14-5-6-21(17,18)19;1-7(14)19-10-6-8(12)2-3-9(10)11(15)13-4-5-20(16,17)18/h6-7,10-11H,1-5,8-9H2,(H,18,19)(H,21,22,23);1-7,10H,8-9H2,(H,18,19)(H,21,22,23);5-6,9-10H,1-4,7-8H2,(H,17,18)(H,20,21,22);3-4,7-8H,5-6H2,1-2H3,(H,15,16)(H,18,19,20);3-4,7H,2,5-6H2,1H3,(H,14,16)(H,17,18,19);2-3,6H,4-5H2,1H3,(H,13,15)(H,16,17,18)/p-6. The zero-order valence-electron chi connectivity index (χ0n) is 72.5. The lowest BCUT2D eigenvalue weighted by Crippen LogP contribution is -2.30. The van der Waals surface area contributed by atoms with Gasteiger partial charge >= 0.3 is 35.8 Å². The summed E-state index contributed by atoms with van der Waals surface area (Å²) in [6.45, 7) is 4.29. The minimum Gasteiger partial charge on any atom is -0.748 e. The largest absolute Gasteiger partial charge is 0.748 e. The molecular weight excluding hydrogens is 2610 g/mol. The van der Waals surface area contributed by atoms with Crippen molar-refractivity contribution < 1.29 is 164 Å². The molecule has 42 nitrogen and oxygen atoms in total. The Bertz CT molecular complexity index is 6210. The van der Waals surface area contributed by atoms with Gasteiger partial charge in [0.2, 0.25) is 0 Å². The summed E-state index contributed by atoms with van der Waals surface area (Å²) < 4.78 is 225. The van der Waals surface area contributed by atoms with Crippen molar-refractivity contribution in [2.75, 3.05) is 73.8 Å². The number of ether oxygens (including phenoxy) is 6. The molecule has 137 heavy (non-hydrogen) atoms. The Hall–Kier alpha value is -7.98. The van der Waals surface area contributed by atoms with Crippen LogP contribution >= 0.6 is 136 Å². The summed E-state index contributed by atoms with van der Waals surface area (Å²) in [4.78, 5) is 143. The maximum atomic E-state index is 12.3. The fourth-order valence-electron chi connectivity index (χ4n) is 11.1. The Morgan fingerprint density at radius 3 is 0.781 bits per heavy atom. The molecule has 6 amide bonds. The quantitative estimate of drug-likeness (QED) is 0.00947. The molecule has 0 saturated heterocycles. The van der Waals surface area contributed by atoms with E-state index in [1.807, 2.05) is 136 Å². The average Bonchev–Trinajstić information content (AvgIpc) is 1.77. The highest BCUT2D eigenvalue weighted by molar-refractivity contribution is 14.1. The number of carbonyl (C=O) groups excluding carboxylic acids is 12. The molecule has 2 fully saturated rings. The Morgan fingerprint density at radius 2 is 0.547 bits per heavy atom. The average molecular weight is 2700 g/mol. The number of nitrogens with one attached hydrogen (secondary N) is 6. The monoisotopic (exact) mass is 2700 g/mol. The van der Waals surface area contributed by atoms with Crippen LogP contribution in [0.15, 0.2) is 140 Å². The summed E-state index contributed by atoms with van der Waals surface area (Å²) >= 11 is 12.1. The second kappa shape index (κ2) is 59.1. The Balaban J connectivity index is 0.000000344. The van der Waals surface area contributed by atoms with Gasteiger partial charge in [0.05, 0.1) is 152 Å². The molecule has 0 aromatic heterocycles. The van der Waals surface area contributed by atoms with E-state index in [2.05, 4.69) is 31.9 Å². The molecule has 750 valence electrons. The molecule has 0 heterocycles. The van der Waals surface area contributed by atoms with Crippen molar-refractivity contribution in [3.8, 4) is 34.5 Å². The molecule has 6 N–H and O–H groups in total. The summed E-state index contributed by atoms with van der Waals surface area (Å²) in [6, 6.07) is 36.2. The lowest BCUT2D eigenvalue weighted by molar-refractivity contribution is -0.140.